The molecule has 0 spiro atoms. The molecule has 0 saturated carbocycles. The summed E-state index contributed by atoms with van der Waals surface area (Å²) in [4.78, 5) is 27.2. The van der Waals surface area contributed by atoms with Gasteiger partial charge in [0.2, 0.25) is 0 Å². The van der Waals surface area contributed by atoms with Crippen LogP contribution < -0.4 is 4.74 Å². The van der Waals surface area contributed by atoms with Crippen LogP contribution in [0.2, 0.25) is 5.02 Å². The van der Waals surface area contributed by atoms with Crippen LogP contribution in [0.1, 0.15) is 28.5 Å². The number of aryl methyl sites for hydroxylation is 1. The highest BCUT2D eigenvalue weighted by molar-refractivity contribution is 6.46. The number of aliphatic hydroxyl groups excluding tert-OH is 1. The zero-order valence-corrected chi connectivity index (χ0v) is 18.0. The second-order valence-corrected chi connectivity index (χ2v) is 7.76. The quantitative estimate of drug-likeness (QED) is 0.332. The third-order valence-electron chi connectivity index (χ3n) is 5.29. The largest absolute Gasteiger partial charge is 0.507 e. The molecular weight excluding hydrogens is 437 g/mol. The second kappa shape index (κ2) is 8.51. The average Bonchev–Trinajstić information content (AvgIpc) is 3.36. The number of Topliss-reactive ketones (excluding diaryl/α,β-unsaturated/α-hetero) is 1. The number of methoxy groups -OCH3 is 1. The molecule has 2 heterocycles. The monoisotopic (exact) mass is 455 g/mol. The first-order valence-corrected chi connectivity index (χ1v) is 10.1. The Morgan fingerprint density at radius 3 is 2.62 bits per heavy atom. The van der Waals surface area contributed by atoms with Crippen LogP contribution in [0, 0.1) is 12.7 Å². The molecule has 1 aliphatic rings. The number of carbonyl (C=O) groups is 2. The molecule has 6 nitrogen and oxygen atoms in total. The highest BCUT2D eigenvalue weighted by Crippen LogP contribution is 2.43. The van der Waals surface area contributed by atoms with Crippen LogP contribution >= 0.6 is 11.6 Å². The van der Waals surface area contributed by atoms with Crippen LogP contribution in [0.4, 0.5) is 4.39 Å². The van der Waals surface area contributed by atoms with Crippen molar-refractivity contribution >= 4 is 29.1 Å². The number of hydrogen-bond acceptors (Lipinski definition) is 5. The van der Waals surface area contributed by atoms with Gasteiger partial charge in [-0.2, -0.15) is 0 Å². The van der Waals surface area contributed by atoms with Gasteiger partial charge in [-0.3, -0.25) is 9.59 Å². The van der Waals surface area contributed by atoms with E-state index in [0.29, 0.717) is 11.3 Å². The van der Waals surface area contributed by atoms with E-state index in [1.54, 1.807) is 37.3 Å². The lowest BCUT2D eigenvalue weighted by atomic mass is 9.94. The van der Waals surface area contributed by atoms with Crippen LogP contribution in [0.3, 0.4) is 0 Å². The third-order valence-corrected chi connectivity index (χ3v) is 5.57. The van der Waals surface area contributed by atoms with E-state index in [9.17, 15) is 19.1 Å². The first-order chi connectivity index (χ1) is 15.3. The maximum Gasteiger partial charge on any atom is 0.296 e. The molecule has 8 heteroatoms. The summed E-state index contributed by atoms with van der Waals surface area (Å²) in [5.74, 6) is -2.40. The minimum Gasteiger partial charge on any atom is -0.507 e. The van der Waals surface area contributed by atoms with Gasteiger partial charge >= 0.3 is 0 Å². The number of benzene rings is 2. The number of hydrogen-bond donors (Lipinski definition) is 1. The van der Waals surface area contributed by atoms with E-state index in [4.69, 9.17) is 20.8 Å². The summed E-state index contributed by atoms with van der Waals surface area (Å²) in [6.07, 6.45) is 1.43. The number of furan rings is 1. The number of halogens is 2. The van der Waals surface area contributed by atoms with Crippen molar-refractivity contribution < 1.29 is 28.2 Å². The molecule has 2 aromatic carbocycles. The Kier molecular flexibility index (Phi) is 5.76. The van der Waals surface area contributed by atoms with Gasteiger partial charge in [-0.25, -0.2) is 4.39 Å². The molecule has 1 N–H and O–H groups in total. The van der Waals surface area contributed by atoms with E-state index >= 15 is 0 Å². The van der Waals surface area contributed by atoms with Crippen molar-refractivity contribution in [2.75, 3.05) is 7.11 Å². The molecule has 0 radical (unpaired) electrons. The molecule has 1 saturated heterocycles. The number of nitrogens with zero attached hydrogens (tertiary/aromatic N) is 1. The summed E-state index contributed by atoms with van der Waals surface area (Å²) in [6.45, 7) is 1.67. The van der Waals surface area contributed by atoms with Gasteiger partial charge in [0.05, 0.1) is 42.1 Å². The highest BCUT2D eigenvalue weighted by atomic mass is 35.5. The molecule has 1 fully saturated rings. The molecule has 1 atom stereocenters. The van der Waals surface area contributed by atoms with Crippen LogP contribution in [-0.4, -0.2) is 28.8 Å². The van der Waals surface area contributed by atoms with Crippen molar-refractivity contribution in [1.29, 1.82) is 0 Å². The first kappa shape index (κ1) is 21.6. The molecule has 32 heavy (non-hydrogen) atoms. The fourth-order valence-corrected chi connectivity index (χ4v) is 4.24. The first-order valence-electron chi connectivity index (χ1n) is 9.73. The van der Waals surface area contributed by atoms with Crippen LogP contribution in [0.25, 0.3) is 5.76 Å². The van der Waals surface area contributed by atoms with Gasteiger partial charge in [-0.05, 0) is 42.8 Å². The van der Waals surface area contributed by atoms with Crippen molar-refractivity contribution in [1.82, 2.24) is 4.90 Å². The predicted molar refractivity (Wildman–Crippen MR) is 116 cm³/mol. The molecule has 4 rings (SSSR count). The average molecular weight is 456 g/mol. The molecule has 3 aromatic rings. The minimum atomic E-state index is -1.18. The van der Waals surface area contributed by atoms with E-state index in [1.807, 2.05) is 0 Å². The number of rotatable bonds is 5. The summed E-state index contributed by atoms with van der Waals surface area (Å²) >= 11 is 6.26. The van der Waals surface area contributed by atoms with Crippen molar-refractivity contribution in [2.24, 2.45) is 0 Å². The van der Waals surface area contributed by atoms with Gasteiger partial charge in [-0.1, -0.05) is 29.8 Å². The lowest BCUT2D eigenvalue weighted by Crippen LogP contribution is -2.29. The Hall–Kier alpha value is -3.58. The van der Waals surface area contributed by atoms with Crippen molar-refractivity contribution in [3.05, 3.63) is 93.7 Å². The summed E-state index contributed by atoms with van der Waals surface area (Å²) in [6, 6.07) is 11.1. The van der Waals surface area contributed by atoms with Gasteiger partial charge in [0.1, 0.15) is 23.1 Å². The number of likely N-dealkylation sites (tertiary alicyclic amines) is 1. The molecule has 1 amide bonds. The van der Waals surface area contributed by atoms with Gasteiger partial charge in [0, 0.05) is 5.56 Å². The molecule has 164 valence electrons. The Morgan fingerprint density at radius 1 is 1.22 bits per heavy atom. The fraction of sp³-hybridized carbons (Fsp3) is 0.167. The standard InChI is InChI=1S/C24H19ClFNO5/c1-13-10-16(23(31-2)17(25)11-13)21(28)19-20(15-7-3-4-8-18(15)26)27(24(30)22(19)29)12-14-6-5-9-32-14/h3-11,20,28H,12H2,1-2H3/b21-19+. The van der Waals surface area contributed by atoms with E-state index in [2.05, 4.69) is 0 Å². The van der Waals surface area contributed by atoms with Gasteiger partial charge in [0.15, 0.2) is 0 Å². The third kappa shape index (κ3) is 3.65. The molecule has 0 bridgehead atoms. The summed E-state index contributed by atoms with van der Waals surface area (Å²) < 4.78 is 25.5. The van der Waals surface area contributed by atoms with E-state index < -0.39 is 29.3 Å². The number of ketones is 1. The fourth-order valence-electron chi connectivity index (χ4n) is 3.89. The molecule has 1 aromatic heterocycles. The van der Waals surface area contributed by atoms with Crippen LogP contribution in [0.15, 0.2) is 64.8 Å². The zero-order valence-electron chi connectivity index (χ0n) is 17.3. The molecular formula is C24H19ClFNO5. The Morgan fingerprint density at radius 2 is 1.97 bits per heavy atom. The highest BCUT2D eigenvalue weighted by Gasteiger charge is 2.47. The summed E-state index contributed by atoms with van der Waals surface area (Å²) in [7, 11) is 1.37. The van der Waals surface area contributed by atoms with Gasteiger partial charge < -0.3 is 19.2 Å². The smallest absolute Gasteiger partial charge is 0.296 e. The topological polar surface area (TPSA) is 80.0 Å². The normalized spacial score (nSPS) is 17.8. The maximum atomic E-state index is 14.8. The number of carbonyl (C=O) groups excluding carboxylic acids is 2. The predicted octanol–water partition coefficient (Wildman–Crippen LogP) is 5.01. The summed E-state index contributed by atoms with van der Waals surface area (Å²) in [5.41, 5.74) is 0.642. The summed E-state index contributed by atoms with van der Waals surface area (Å²) in [5, 5.41) is 11.5. The van der Waals surface area contributed by atoms with Crippen molar-refractivity contribution in [3.63, 3.8) is 0 Å². The number of amides is 1. The Bertz CT molecular complexity index is 1240. The second-order valence-electron chi connectivity index (χ2n) is 7.36. The van der Waals surface area contributed by atoms with Crippen molar-refractivity contribution in [3.8, 4) is 5.75 Å². The lowest BCUT2D eigenvalue weighted by Gasteiger charge is -2.25. The van der Waals surface area contributed by atoms with Crippen LogP contribution in [0.5, 0.6) is 5.75 Å². The van der Waals surface area contributed by atoms with Gasteiger partial charge in [0.25, 0.3) is 11.7 Å². The van der Waals surface area contributed by atoms with E-state index in [0.717, 1.165) is 0 Å². The Labute approximate surface area is 188 Å². The maximum absolute atomic E-state index is 14.8. The van der Waals surface area contributed by atoms with Crippen molar-refractivity contribution in [2.45, 2.75) is 19.5 Å². The molecule has 1 unspecified atom stereocenters. The van der Waals surface area contributed by atoms with Gasteiger partial charge in [-0.15, -0.1) is 0 Å². The zero-order chi connectivity index (χ0) is 23.0. The number of ether oxygens (including phenoxy) is 1. The Balaban J connectivity index is 1.96. The van der Waals surface area contributed by atoms with E-state index in [-0.39, 0.29) is 34.0 Å². The van der Waals surface area contributed by atoms with E-state index in [1.165, 1.54) is 36.5 Å². The minimum absolute atomic E-state index is 0.0672. The molecule has 1 aliphatic heterocycles. The molecule has 0 aliphatic carbocycles. The number of aliphatic hydroxyl groups is 1. The SMILES string of the molecule is COc1c(Cl)cc(C)cc1/C(O)=C1\C(=O)C(=O)N(Cc2ccco2)C1c1ccccc1F. The van der Waals surface area contributed by atoms with Crippen LogP contribution in [-0.2, 0) is 16.1 Å². The lowest BCUT2D eigenvalue weighted by molar-refractivity contribution is -0.140.